The lowest BCUT2D eigenvalue weighted by molar-refractivity contribution is -0.0592. The molecule has 0 spiro atoms. The van der Waals surface area contributed by atoms with Crippen LogP contribution in [-0.2, 0) is 37.3 Å². The molecule has 8 nitrogen and oxygen atoms in total. The molecule has 1 fully saturated rings. The molecule has 2 aliphatic rings. The van der Waals surface area contributed by atoms with E-state index in [0.29, 0.717) is 36.6 Å². The van der Waals surface area contributed by atoms with Gasteiger partial charge in [0.1, 0.15) is 17.5 Å². The number of halogens is 2. The highest BCUT2D eigenvalue weighted by Gasteiger charge is 2.26. The van der Waals surface area contributed by atoms with Gasteiger partial charge in [-0.2, -0.15) is 0 Å². The van der Waals surface area contributed by atoms with Gasteiger partial charge >= 0.3 is 5.97 Å². The van der Waals surface area contributed by atoms with Gasteiger partial charge in [0.25, 0.3) is 0 Å². The van der Waals surface area contributed by atoms with Crippen LogP contribution in [0, 0.1) is 5.82 Å². The van der Waals surface area contributed by atoms with Crippen molar-refractivity contribution in [2.45, 2.75) is 45.1 Å². The quantitative estimate of drug-likeness (QED) is 0.292. The number of rotatable bonds is 7. The molecule has 1 atom stereocenters. The van der Waals surface area contributed by atoms with Gasteiger partial charge in [-0.15, -0.1) is 0 Å². The molecule has 1 N–H and O–H groups in total. The highest BCUT2D eigenvalue weighted by Crippen LogP contribution is 2.29. The van der Waals surface area contributed by atoms with Crippen LogP contribution in [0.5, 0.6) is 0 Å². The summed E-state index contributed by atoms with van der Waals surface area (Å²) in [6, 6.07) is 15.9. The van der Waals surface area contributed by atoms with Gasteiger partial charge in [-0.25, -0.2) is 19.2 Å². The normalized spacial score (nSPS) is 17.3. The summed E-state index contributed by atoms with van der Waals surface area (Å²) in [6.45, 7) is 4.20. The zero-order chi connectivity index (χ0) is 27.4. The van der Waals surface area contributed by atoms with E-state index >= 15 is 0 Å². The first-order valence-corrected chi connectivity index (χ1v) is 13.8. The van der Waals surface area contributed by atoms with Crippen molar-refractivity contribution in [2.24, 2.45) is 0 Å². The highest BCUT2D eigenvalue weighted by molar-refractivity contribution is 6.30. The van der Waals surface area contributed by atoms with E-state index in [1.807, 2.05) is 18.2 Å². The third-order valence-corrected chi connectivity index (χ3v) is 8.18. The summed E-state index contributed by atoms with van der Waals surface area (Å²) in [5.41, 5.74) is 5.42. The molecular weight excluding hydrogens is 533 g/mol. The average molecular weight is 560 g/mol. The highest BCUT2D eigenvalue weighted by atomic mass is 35.5. The number of carboxylic acid groups (broad SMARTS) is 1. The van der Waals surface area contributed by atoms with Gasteiger partial charge in [-0.1, -0.05) is 29.8 Å². The lowest BCUT2D eigenvalue weighted by Gasteiger charge is -2.30. The van der Waals surface area contributed by atoms with Gasteiger partial charge in [-0.3, -0.25) is 4.90 Å². The van der Waals surface area contributed by atoms with E-state index in [9.17, 15) is 14.3 Å². The van der Waals surface area contributed by atoms with Crippen molar-refractivity contribution in [2.75, 3.05) is 13.2 Å². The Hall–Kier alpha value is -3.79. The largest absolute Gasteiger partial charge is 0.478 e. The number of aromatic carboxylic acids is 1. The van der Waals surface area contributed by atoms with Gasteiger partial charge in [0, 0.05) is 31.1 Å². The second kappa shape index (κ2) is 9.99. The van der Waals surface area contributed by atoms with E-state index in [4.69, 9.17) is 26.3 Å². The molecule has 1 saturated heterocycles. The van der Waals surface area contributed by atoms with E-state index in [2.05, 4.69) is 14.0 Å². The number of ether oxygens (including phenoxy) is 1. The fraction of sp³-hybridized carbons (Fsp3) is 0.300. The standard InChI is InChI=1S/C30H27ClFN5O3/c31-21-6-4-18(23(32)14-21)12-19-2-1-3-25-29(19)36-10-9-35(16-27(36)34-25)17-28-33-24-7-5-20(30(38)39)13-26(24)37(28)15-22-8-11-40-22/h1-7,13-14,22H,8-12,15-17H2,(H,38,39). The molecule has 2 aromatic heterocycles. The molecular formula is C30H27ClFN5O3. The Labute approximate surface area is 234 Å². The van der Waals surface area contributed by atoms with Crippen LogP contribution in [0.3, 0.4) is 0 Å². The average Bonchev–Trinajstić information content (AvgIpc) is 3.45. The van der Waals surface area contributed by atoms with Crippen molar-refractivity contribution in [3.8, 4) is 0 Å². The molecule has 204 valence electrons. The van der Waals surface area contributed by atoms with E-state index in [-0.39, 0.29) is 17.5 Å². The minimum Gasteiger partial charge on any atom is -0.478 e. The zero-order valence-corrected chi connectivity index (χ0v) is 22.4. The number of nitrogens with zero attached hydrogens (tertiary/aromatic N) is 5. The monoisotopic (exact) mass is 559 g/mol. The summed E-state index contributed by atoms with van der Waals surface area (Å²) in [5, 5.41) is 9.91. The third-order valence-electron chi connectivity index (χ3n) is 7.95. The van der Waals surface area contributed by atoms with Crippen molar-refractivity contribution < 1.29 is 19.0 Å². The van der Waals surface area contributed by atoms with Crippen molar-refractivity contribution in [3.63, 3.8) is 0 Å². The second-order valence-electron chi connectivity index (χ2n) is 10.5. The van der Waals surface area contributed by atoms with E-state index in [1.54, 1.807) is 30.3 Å². The van der Waals surface area contributed by atoms with Crippen LogP contribution in [-0.4, -0.2) is 54.3 Å². The van der Waals surface area contributed by atoms with Gasteiger partial charge in [-0.05, 0) is 53.9 Å². The molecule has 5 aromatic rings. The summed E-state index contributed by atoms with van der Waals surface area (Å²) in [6.07, 6.45) is 1.55. The Balaban J connectivity index is 1.18. The molecule has 0 bridgehead atoms. The lowest BCUT2D eigenvalue weighted by Crippen LogP contribution is -2.35. The number of fused-ring (bicyclic) bond motifs is 4. The van der Waals surface area contributed by atoms with Gasteiger partial charge < -0.3 is 19.0 Å². The lowest BCUT2D eigenvalue weighted by atomic mass is 10.0. The summed E-state index contributed by atoms with van der Waals surface area (Å²) < 4.78 is 24.6. The SMILES string of the molecule is O=C(O)c1ccc2nc(CN3CCn4c(nc5cccc(Cc6ccc(Cl)cc6F)c54)C3)n(CC3CCO3)c2c1. The molecule has 4 heterocycles. The molecule has 0 amide bonds. The van der Waals surface area contributed by atoms with Crippen LogP contribution in [0.15, 0.2) is 54.6 Å². The Morgan fingerprint density at radius 3 is 2.73 bits per heavy atom. The van der Waals surface area contributed by atoms with Crippen LogP contribution in [0.1, 0.15) is 39.6 Å². The number of para-hydroxylation sites is 1. The van der Waals surface area contributed by atoms with Crippen LogP contribution < -0.4 is 0 Å². The van der Waals surface area contributed by atoms with Gasteiger partial charge in [0.2, 0.25) is 0 Å². The van der Waals surface area contributed by atoms with Gasteiger partial charge in [0.15, 0.2) is 0 Å². The first-order valence-electron chi connectivity index (χ1n) is 13.4. The molecule has 2 aliphatic heterocycles. The Morgan fingerprint density at radius 2 is 1.95 bits per heavy atom. The van der Waals surface area contributed by atoms with Crippen molar-refractivity contribution in [3.05, 3.63) is 93.8 Å². The van der Waals surface area contributed by atoms with Crippen LogP contribution >= 0.6 is 11.6 Å². The van der Waals surface area contributed by atoms with Crippen molar-refractivity contribution in [1.29, 1.82) is 0 Å². The Morgan fingerprint density at radius 1 is 1.07 bits per heavy atom. The number of imidazole rings is 2. The number of carbonyl (C=O) groups is 1. The number of hydrogen-bond acceptors (Lipinski definition) is 5. The molecule has 0 radical (unpaired) electrons. The molecule has 0 aliphatic carbocycles. The van der Waals surface area contributed by atoms with Crippen LogP contribution in [0.25, 0.3) is 22.1 Å². The predicted molar refractivity (Wildman–Crippen MR) is 149 cm³/mol. The molecule has 1 unspecified atom stereocenters. The number of carboxylic acids is 1. The topological polar surface area (TPSA) is 85.4 Å². The summed E-state index contributed by atoms with van der Waals surface area (Å²) in [5.74, 6) is 0.587. The summed E-state index contributed by atoms with van der Waals surface area (Å²) >= 11 is 5.96. The fourth-order valence-corrected chi connectivity index (χ4v) is 5.96. The minimum atomic E-state index is -0.954. The first kappa shape index (κ1) is 25.2. The summed E-state index contributed by atoms with van der Waals surface area (Å²) in [7, 11) is 0. The number of hydrogen-bond donors (Lipinski definition) is 1. The number of benzene rings is 3. The summed E-state index contributed by atoms with van der Waals surface area (Å²) in [4.78, 5) is 23.8. The second-order valence-corrected chi connectivity index (χ2v) is 11.0. The zero-order valence-electron chi connectivity index (χ0n) is 21.7. The van der Waals surface area contributed by atoms with Crippen molar-refractivity contribution >= 4 is 39.6 Å². The first-order chi connectivity index (χ1) is 19.4. The maximum Gasteiger partial charge on any atom is 0.335 e. The maximum absolute atomic E-state index is 14.6. The molecule has 40 heavy (non-hydrogen) atoms. The molecule has 3 aromatic carbocycles. The van der Waals surface area contributed by atoms with Crippen LogP contribution in [0.2, 0.25) is 5.02 Å². The molecule has 7 rings (SSSR count). The molecule has 10 heteroatoms. The van der Waals surface area contributed by atoms with Crippen LogP contribution in [0.4, 0.5) is 4.39 Å². The van der Waals surface area contributed by atoms with Crippen molar-refractivity contribution in [1.82, 2.24) is 24.0 Å². The minimum absolute atomic E-state index is 0.110. The molecule has 0 saturated carbocycles. The third kappa shape index (κ3) is 4.54. The maximum atomic E-state index is 14.6. The Bertz CT molecular complexity index is 1780. The van der Waals surface area contributed by atoms with E-state index < -0.39 is 5.97 Å². The Kier molecular flexibility index (Phi) is 6.30. The van der Waals surface area contributed by atoms with E-state index in [0.717, 1.165) is 65.4 Å². The predicted octanol–water partition coefficient (Wildman–Crippen LogP) is 5.27. The van der Waals surface area contributed by atoms with E-state index in [1.165, 1.54) is 6.07 Å². The smallest absolute Gasteiger partial charge is 0.335 e. The number of aromatic nitrogens is 4. The fourth-order valence-electron chi connectivity index (χ4n) is 5.80. The van der Waals surface area contributed by atoms with Gasteiger partial charge in [0.05, 0.1) is 53.4 Å².